The molecule has 0 spiro atoms. The highest BCUT2D eigenvalue weighted by Gasteiger charge is 1.97. The van der Waals surface area contributed by atoms with Gasteiger partial charge in [0.05, 0.1) is 6.20 Å². The number of hydrogen-bond donors (Lipinski definition) is 1. The molecule has 0 radical (unpaired) electrons. The van der Waals surface area contributed by atoms with Crippen LogP contribution in [0.2, 0.25) is 0 Å². The van der Waals surface area contributed by atoms with Crippen molar-refractivity contribution in [2.24, 2.45) is 4.99 Å². The molecule has 0 amide bonds. The van der Waals surface area contributed by atoms with Crippen molar-refractivity contribution < 1.29 is 0 Å². The Morgan fingerprint density at radius 3 is 3.08 bits per heavy atom. The van der Waals surface area contributed by atoms with E-state index in [2.05, 4.69) is 37.6 Å². The van der Waals surface area contributed by atoms with Crippen LogP contribution in [0.1, 0.15) is 12.6 Å². The molecule has 5 heteroatoms. The summed E-state index contributed by atoms with van der Waals surface area (Å²) in [5.74, 6) is 0. The lowest BCUT2D eigenvalue weighted by molar-refractivity contribution is 1.14. The van der Waals surface area contributed by atoms with Gasteiger partial charge >= 0.3 is 0 Å². The van der Waals surface area contributed by atoms with E-state index in [1.807, 2.05) is 6.92 Å². The Morgan fingerprint density at radius 1 is 1.69 bits per heavy atom. The number of hydrogen-bond acceptors (Lipinski definition) is 4. The van der Waals surface area contributed by atoms with Crippen molar-refractivity contribution in [3.63, 3.8) is 0 Å². The van der Waals surface area contributed by atoms with Crippen LogP contribution in [0.25, 0.3) is 0 Å². The van der Waals surface area contributed by atoms with Gasteiger partial charge < -0.3 is 5.41 Å². The largest absolute Gasteiger partial charge is 0.306 e. The minimum absolute atomic E-state index is 0.358. The maximum absolute atomic E-state index is 7.08. The van der Waals surface area contributed by atoms with Gasteiger partial charge in [0.2, 0.25) is 0 Å². The molecule has 1 aromatic heterocycles. The first-order valence-electron chi connectivity index (χ1n) is 3.72. The summed E-state index contributed by atoms with van der Waals surface area (Å²) in [6.45, 7) is 2.03. The van der Waals surface area contributed by atoms with Crippen molar-refractivity contribution in [3.05, 3.63) is 18.2 Å². The maximum atomic E-state index is 7.08. The lowest BCUT2D eigenvalue weighted by Crippen LogP contribution is -1.92. The molecule has 4 nitrogen and oxygen atoms in total. The smallest absolute Gasteiger partial charge is 0.116 e. The van der Waals surface area contributed by atoms with E-state index in [0.29, 0.717) is 15.3 Å². The second-order valence-corrected chi connectivity index (χ2v) is 4.36. The molecule has 1 heterocycles. The average molecular weight is 288 g/mol. The Labute approximate surface area is 90.2 Å². The monoisotopic (exact) mass is 288 g/mol. The van der Waals surface area contributed by atoms with Gasteiger partial charge in [-0.05, 0) is 6.92 Å². The van der Waals surface area contributed by atoms with E-state index in [9.17, 15) is 0 Å². The van der Waals surface area contributed by atoms with Crippen LogP contribution in [0.3, 0.4) is 0 Å². The van der Waals surface area contributed by atoms with Crippen LogP contribution in [0.5, 0.6) is 0 Å². The molecule has 0 fully saturated rings. The highest BCUT2D eigenvalue weighted by Crippen LogP contribution is 2.12. The Kier molecular flexibility index (Phi) is 3.94. The number of alkyl halides is 1. The van der Waals surface area contributed by atoms with Gasteiger partial charge in [-0.1, -0.05) is 22.6 Å². The molecule has 1 N–H and O–H groups in total. The summed E-state index contributed by atoms with van der Waals surface area (Å²) in [7, 11) is 0. The first-order valence-corrected chi connectivity index (χ1v) is 4.97. The summed E-state index contributed by atoms with van der Waals surface area (Å²) in [5, 5.41) is 7.08. The van der Waals surface area contributed by atoms with Crippen LogP contribution in [0.4, 0.5) is 5.69 Å². The minimum Gasteiger partial charge on any atom is -0.306 e. The standard InChI is InChI=1S/C8H9IN4/c1-6(9)3-12-8-4-11-5-13-7(8)2-10/h2-6,10H,1H3. The van der Waals surface area contributed by atoms with Gasteiger partial charge in [0.15, 0.2) is 0 Å². The fourth-order valence-electron chi connectivity index (χ4n) is 0.725. The predicted octanol–water partition coefficient (Wildman–Crippen LogP) is 2.00. The molecule has 0 aromatic carbocycles. The summed E-state index contributed by atoms with van der Waals surface area (Å²) in [6, 6.07) is 0. The minimum atomic E-state index is 0.358. The van der Waals surface area contributed by atoms with Crippen molar-refractivity contribution in [2.45, 2.75) is 10.8 Å². The van der Waals surface area contributed by atoms with Crippen molar-refractivity contribution in [1.82, 2.24) is 9.97 Å². The van der Waals surface area contributed by atoms with Gasteiger partial charge in [-0.3, -0.25) is 4.99 Å². The van der Waals surface area contributed by atoms with Crippen molar-refractivity contribution in [3.8, 4) is 0 Å². The van der Waals surface area contributed by atoms with E-state index in [4.69, 9.17) is 5.41 Å². The lowest BCUT2D eigenvalue weighted by Gasteiger charge is -1.96. The van der Waals surface area contributed by atoms with Crippen molar-refractivity contribution in [2.75, 3.05) is 0 Å². The van der Waals surface area contributed by atoms with Gasteiger partial charge in [-0.25, -0.2) is 9.97 Å². The summed E-state index contributed by atoms with van der Waals surface area (Å²) < 4.78 is 0.358. The number of aliphatic imine (C=N–C) groups is 1. The highest BCUT2D eigenvalue weighted by molar-refractivity contribution is 14.1. The van der Waals surface area contributed by atoms with E-state index in [0.717, 1.165) is 0 Å². The van der Waals surface area contributed by atoms with Crippen LogP contribution in [-0.2, 0) is 0 Å². The normalized spacial score (nSPS) is 13.1. The molecule has 1 aromatic rings. The van der Waals surface area contributed by atoms with Gasteiger partial charge in [-0.15, -0.1) is 0 Å². The van der Waals surface area contributed by atoms with E-state index in [1.165, 1.54) is 12.5 Å². The van der Waals surface area contributed by atoms with Crippen molar-refractivity contribution >= 4 is 40.7 Å². The Bertz CT molecular complexity index is 322. The second-order valence-electron chi connectivity index (χ2n) is 2.39. The quantitative estimate of drug-likeness (QED) is 0.525. The van der Waals surface area contributed by atoms with Gasteiger partial charge in [0.25, 0.3) is 0 Å². The third-order valence-electron chi connectivity index (χ3n) is 1.28. The first-order chi connectivity index (χ1) is 6.24. The molecule has 0 aliphatic rings. The number of rotatable bonds is 3. The molecule has 68 valence electrons. The molecule has 0 bridgehead atoms. The topological polar surface area (TPSA) is 62.0 Å². The molecule has 1 rings (SSSR count). The number of halogens is 1. The Morgan fingerprint density at radius 2 is 2.46 bits per heavy atom. The summed E-state index contributed by atoms with van der Waals surface area (Å²) in [4.78, 5) is 11.9. The van der Waals surface area contributed by atoms with Crippen molar-refractivity contribution in [1.29, 1.82) is 5.41 Å². The van der Waals surface area contributed by atoms with Crippen LogP contribution < -0.4 is 0 Å². The van der Waals surface area contributed by atoms with E-state index in [-0.39, 0.29) is 0 Å². The molecule has 1 unspecified atom stereocenters. The highest BCUT2D eigenvalue weighted by atomic mass is 127. The fourth-order valence-corrected chi connectivity index (χ4v) is 0.886. The summed E-state index contributed by atoms with van der Waals surface area (Å²) in [5.41, 5.74) is 1.18. The maximum Gasteiger partial charge on any atom is 0.116 e. The third-order valence-corrected chi connectivity index (χ3v) is 1.60. The molecular formula is C8H9IN4. The van der Waals surface area contributed by atoms with E-state index in [1.54, 1.807) is 12.4 Å². The Balaban J connectivity index is 2.93. The fraction of sp³-hybridized carbons (Fsp3) is 0.250. The van der Waals surface area contributed by atoms with E-state index < -0.39 is 0 Å². The van der Waals surface area contributed by atoms with Crippen LogP contribution in [0, 0.1) is 5.41 Å². The van der Waals surface area contributed by atoms with Gasteiger partial charge in [0.1, 0.15) is 17.7 Å². The number of nitrogens with one attached hydrogen (secondary N) is 1. The molecule has 0 saturated heterocycles. The van der Waals surface area contributed by atoms with Crippen LogP contribution >= 0.6 is 22.6 Å². The lowest BCUT2D eigenvalue weighted by atomic mass is 10.4. The summed E-state index contributed by atoms with van der Waals surface area (Å²) >= 11 is 2.25. The number of nitrogens with zero attached hydrogens (tertiary/aromatic N) is 3. The molecule has 0 aliphatic carbocycles. The molecule has 13 heavy (non-hydrogen) atoms. The second kappa shape index (κ2) is 5.00. The zero-order valence-electron chi connectivity index (χ0n) is 7.11. The first kappa shape index (κ1) is 10.2. The summed E-state index contributed by atoms with van der Waals surface area (Å²) in [6.07, 6.45) is 5.98. The Hall–Kier alpha value is -0.850. The van der Waals surface area contributed by atoms with Crippen LogP contribution in [0.15, 0.2) is 17.5 Å². The zero-order valence-corrected chi connectivity index (χ0v) is 9.26. The average Bonchev–Trinajstić information content (AvgIpc) is 2.15. The third kappa shape index (κ3) is 3.17. The molecule has 0 saturated carbocycles. The molecular weight excluding hydrogens is 279 g/mol. The van der Waals surface area contributed by atoms with Gasteiger partial charge in [0, 0.05) is 16.4 Å². The molecule has 0 aliphatic heterocycles. The zero-order chi connectivity index (χ0) is 9.68. The SMILES string of the molecule is CC(I)C=Nc1cncnc1C=N. The molecule has 1 atom stereocenters. The number of aromatic nitrogens is 2. The predicted molar refractivity (Wildman–Crippen MR) is 61.6 cm³/mol. The van der Waals surface area contributed by atoms with Gasteiger partial charge in [-0.2, -0.15) is 0 Å². The van der Waals surface area contributed by atoms with E-state index >= 15 is 0 Å². The van der Waals surface area contributed by atoms with Crippen LogP contribution in [-0.4, -0.2) is 26.3 Å².